The molecule has 0 spiro atoms. The van der Waals surface area contributed by atoms with Gasteiger partial charge >= 0.3 is 0 Å². The Kier molecular flexibility index (Phi) is 4.94. The summed E-state index contributed by atoms with van der Waals surface area (Å²) < 4.78 is 22.5. The molecule has 0 fully saturated rings. The zero-order valence-electron chi connectivity index (χ0n) is 10.1. The number of sulfone groups is 1. The lowest BCUT2D eigenvalue weighted by Gasteiger charge is -2.21. The number of rotatable bonds is 4. The van der Waals surface area contributed by atoms with Gasteiger partial charge in [-0.2, -0.15) is 5.26 Å². The monoisotopic (exact) mass is 246 g/mol. The van der Waals surface area contributed by atoms with Gasteiger partial charge in [-0.1, -0.05) is 0 Å². The summed E-state index contributed by atoms with van der Waals surface area (Å²) in [5.74, 6) is -0.969. The van der Waals surface area contributed by atoms with Gasteiger partial charge in [0.15, 0.2) is 9.84 Å². The van der Waals surface area contributed by atoms with Gasteiger partial charge in [-0.05, 0) is 20.8 Å². The molecule has 5 nitrogen and oxygen atoms in total. The van der Waals surface area contributed by atoms with Gasteiger partial charge in [-0.15, -0.1) is 0 Å². The minimum atomic E-state index is -3.44. The van der Waals surface area contributed by atoms with Crippen LogP contribution in [0.15, 0.2) is 0 Å². The quantitative estimate of drug-likeness (QED) is 0.726. The van der Waals surface area contributed by atoms with Crippen LogP contribution < -0.4 is 0 Å². The van der Waals surface area contributed by atoms with E-state index in [4.69, 9.17) is 5.26 Å². The van der Waals surface area contributed by atoms with E-state index in [1.807, 2.05) is 6.07 Å². The maximum atomic E-state index is 11.7. The molecule has 0 aliphatic heterocycles. The molecule has 6 heteroatoms. The van der Waals surface area contributed by atoms with Crippen LogP contribution in [0.2, 0.25) is 0 Å². The Balaban J connectivity index is 4.54. The highest BCUT2D eigenvalue weighted by molar-refractivity contribution is 7.93. The zero-order chi connectivity index (χ0) is 13.0. The Bertz CT molecular complexity index is 387. The van der Waals surface area contributed by atoms with Gasteiger partial charge in [-0.25, -0.2) is 8.42 Å². The fourth-order valence-electron chi connectivity index (χ4n) is 0.832. The Morgan fingerprint density at radius 3 is 2.25 bits per heavy atom. The lowest BCUT2D eigenvalue weighted by Crippen LogP contribution is -2.39. The summed E-state index contributed by atoms with van der Waals surface area (Å²) in [5, 5.41) is 8.35. The van der Waals surface area contributed by atoms with Crippen LogP contribution in [-0.4, -0.2) is 43.3 Å². The molecule has 0 heterocycles. The minimum Gasteiger partial charge on any atom is -0.344 e. The normalized spacial score (nSPS) is 11.9. The fourth-order valence-corrected chi connectivity index (χ4v) is 1.81. The SMILES string of the molecule is CN(CCC#N)C(=O)CS(=O)(=O)C(C)(C)C. The van der Waals surface area contributed by atoms with Crippen molar-refractivity contribution in [3.05, 3.63) is 0 Å². The number of nitrogens with zero attached hydrogens (tertiary/aromatic N) is 2. The smallest absolute Gasteiger partial charge is 0.237 e. The molecular formula is C10H18N2O3S. The molecule has 0 N–H and O–H groups in total. The predicted molar refractivity (Wildman–Crippen MR) is 61.4 cm³/mol. The highest BCUT2D eigenvalue weighted by Gasteiger charge is 2.32. The molecule has 16 heavy (non-hydrogen) atoms. The van der Waals surface area contributed by atoms with Crippen molar-refractivity contribution in [2.45, 2.75) is 31.9 Å². The molecule has 0 atom stereocenters. The molecule has 1 amide bonds. The maximum absolute atomic E-state index is 11.7. The molecular weight excluding hydrogens is 228 g/mol. The van der Waals surface area contributed by atoms with Gasteiger partial charge in [0.2, 0.25) is 5.91 Å². The molecule has 0 saturated carbocycles. The Hall–Kier alpha value is -1.09. The first-order valence-electron chi connectivity index (χ1n) is 4.95. The first-order chi connectivity index (χ1) is 7.12. The van der Waals surface area contributed by atoms with E-state index < -0.39 is 26.2 Å². The highest BCUT2D eigenvalue weighted by atomic mass is 32.2. The summed E-state index contributed by atoms with van der Waals surface area (Å²) in [5.41, 5.74) is 0. The highest BCUT2D eigenvalue weighted by Crippen LogP contribution is 2.16. The average molecular weight is 246 g/mol. The lowest BCUT2D eigenvalue weighted by molar-refractivity contribution is -0.127. The Labute approximate surface area is 97.0 Å². The second-order valence-corrected chi connectivity index (χ2v) is 7.34. The van der Waals surface area contributed by atoms with Crippen molar-refractivity contribution in [2.24, 2.45) is 0 Å². The summed E-state index contributed by atoms with van der Waals surface area (Å²) in [4.78, 5) is 12.8. The summed E-state index contributed by atoms with van der Waals surface area (Å²) in [7, 11) is -1.94. The van der Waals surface area contributed by atoms with Crippen LogP contribution in [0.1, 0.15) is 27.2 Å². The van der Waals surface area contributed by atoms with E-state index in [0.717, 1.165) is 0 Å². The van der Waals surface area contributed by atoms with E-state index in [-0.39, 0.29) is 13.0 Å². The van der Waals surface area contributed by atoms with E-state index >= 15 is 0 Å². The van der Waals surface area contributed by atoms with Gasteiger partial charge in [0, 0.05) is 13.6 Å². The van der Waals surface area contributed by atoms with Crippen molar-refractivity contribution in [1.82, 2.24) is 4.90 Å². The summed E-state index contributed by atoms with van der Waals surface area (Å²) >= 11 is 0. The van der Waals surface area contributed by atoms with Gasteiger partial charge < -0.3 is 4.90 Å². The number of amides is 1. The number of carbonyl (C=O) groups is 1. The van der Waals surface area contributed by atoms with Crippen molar-refractivity contribution in [3.8, 4) is 6.07 Å². The van der Waals surface area contributed by atoms with Crippen molar-refractivity contribution in [2.75, 3.05) is 19.3 Å². The molecule has 0 aromatic rings. The first kappa shape index (κ1) is 14.9. The van der Waals surface area contributed by atoms with Crippen LogP contribution >= 0.6 is 0 Å². The van der Waals surface area contributed by atoms with E-state index in [9.17, 15) is 13.2 Å². The van der Waals surface area contributed by atoms with E-state index in [1.54, 1.807) is 20.8 Å². The van der Waals surface area contributed by atoms with Gasteiger partial charge in [-0.3, -0.25) is 4.79 Å². The third kappa shape index (κ3) is 4.19. The van der Waals surface area contributed by atoms with Gasteiger partial charge in [0.1, 0.15) is 5.75 Å². The first-order valence-corrected chi connectivity index (χ1v) is 6.60. The maximum Gasteiger partial charge on any atom is 0.237 e. The summed E-state index contributed by atoms with van der Waals surface area (Å²) in [6, 6.07) is 1.90. The molecule has 0 aromatic heterocycles. The number of carbonyl (C=O) groups excluding carboxylic acids is 1. The zero-order valence-corrected chi connectivity index (χ0v) is 11.0. The van der Waals surface area contributed by atoms with Crippen molar-refractivity contribution in [1.29, 1.82) is 5.26 Å². The molecule has 0 aliphatic rings. The molecule has 0 aromatic carbocycles. The topological polar surface area (TPSA) is 78.2 Å². The third-order valence-corrected chi connectivity index (χ3v) is 4.72. The summed E-state index contributed by atoms with van der Waals surface area (Å²) in [6.07, 6.45) is 0.206. The van der Waals surface area contributed by atoms with E-state index in [0.29, 0.717) is 0 Å². The molecule has 92 valence electrons. The molecule has 0 aliphatic carbocycles. The molecule has 0 bridgehead atoms. The largest absolute Gasteiger partial charge is 0.344 e. The van der Waals surface area contributed by atoms with Crippen LogP contribution in [0.5, 0.6) is 0 Å². The Morgan fingerprint density at radius 1 is 1.38 bits per heavy atom. The standard InChI is InChI=1S/C10H18N2O3S/c1-10(2,3)16(14,15)8-9(13)12(4)7-5-6-11/h5,7-8H2,1-4H3. The molecule has 0 saturated heterocycles. The van der Waals surface area contributed by atoms with Crippen LogP contribution in [-0.2, 0) is 14.6 Å². The van der Waals surface area contributed by atoms with Crippen molar-refractivity contribution >= 4 is 15.7 Å². The average Bonchev–Trinajstić information content (AvgIpc) is 2.11. The van der Waals surface area contributed by atoms with Crippen molar-refractivity contribution in [3.63, 3.8) is 0 Å². The minimum absolute atomic E-state index is 0.206. The Morgan fingerprint density at radius 2 is 1.88 bits per heavy atom. The molecule has 0 radical (unpaired) electrons. The van der Waals surface area contributed by atoms with Crippen LogP contribution in [0.4, 0.5) is 0 Å². The van der Waals surface area contributed by atoms with Crippen LogP contribution in [0, 0.1) is 11.3 Å². The second-order valence-electron chi connectivity index (χ2n) is 4.59. The van der Waals surface area contributed by atoms with Gasteiger partial charge in [0.05, 0.1) is 17.2 Å². The van der Waals surface area contributed by atoms with Crippen LogP contribution in [0.25, 0.3) is 0 Å². The van der Waals surface area contributed by atoms with Crippen molar-refractivity contribution < 1.29 is 13.2 Å². The predicted octanol–water partition coefficient (Wildman–Crippen LogP) is 0.572. The second kappa shape index (κ2) is 5.30. The number of hydrogen-bond donors (Lipinski definition) is 0. The number of nitriles is 1. The summed E-state index contributed by atoms with van der Waals surface area (Å²) in [6.45, 7) is 4.94. The van der Waals surface area contributed by atoms with E-state index in [1.165, 1.54) is 11.9 Å². The van der Waals surface area contributed by atoms with E-state index in [2.05, 4.69) is 0 Å². The molecule has 0 unspecified atom stereocenters. The van der Waals surface area contributed by atoms with Gasteiger partial charge in [0.25, 0.3) is 0 Å². The fraction of sp³-hybridized carbons (Fsp3) is 0.800. The molecule has 0 rings (SSSR count). The number of hydrogen-bond acceptors (Lipinski definition) is 4. The lowest BCUT2D eigenvalue weighted by atomic mass is 10.3. The van der Waals surface area contributed by atoms with Crippen LogP contribution in [0.3, 0.4) is 0 Å². The third-order valence-electron chi connectivity index (χ3n) is 2.23.